The molecule has 2 aromatic heterocycles. The second kappa shape index (κ2) is 7.19. The first-order chi connectivity index (χ1) is 12.5. The molecule has 1 amide bonds. The molecule has 7 nitrogen and oxygen atoms in total. The number of benzene rings is 1. The van der Waals surface area contributed by atoms with E-state index >= 15 is 0 Å². The van der Waals surface area contributed by atoms with Gasteiger partial charge in [0.05, 0.1) is 19.2 Å². The van der Waals surface area contributed by atoms with Gasteiger partial charge in [-0.3, -0.25) is 4.79 Å². The molecule has 0 saturated heterocycles. The van der Waals surface area contributed by atoms with E-state index in [0.29, 0.717) is 6.54 Å². The zero-order valence-electron chi connectivity index (χ0n) is 16.0. The van der Waals surface area contributed by atoms with Gasteiger partial charge in [-0.25, -0.2) is 0 Å². The maximum absolute atomic E-state index is 13.2. The van der Waals surface area contributed by atoms with Crippen LogP contribution in [-0.2, 0) is 20.1 Å². The van der Waals surface area contributed by atoms with Crippen LogP contribution in [0.25, 0.3) is 10.9 Å². The standard InChI is InChI=1S/C19H25N5O2/c1-6-9-24-13(2)18(15-10-14(26-5)7-8-16(15)24)19(25)22(3)11-17-21-20-12-23(17)4/h7-8,10,12H,6,9,11H2,1-5H3. The van der Waals surface area contributed by atoms with Gasteiger partial charge in [0.1, 0.15) is 12.1 Å². The zero-order chi connectivity index (χ0) is 18.8. The van der Waals surface area contributed by atoms with Gasteiger partial charge in [-0.05, 0) is 31.5 Å². The summed E-state index contributed by atoms with van der Waals surface area (Å²) in [5.74, 6) is 1.46. The molecule has 7 heteroatoms. The average Bonchev–Trinajstić information content (AvgIpc) is 3.15. The van der Waals surface area contributed by atoms with E-state index in [1.807, 2.05) is 36.7 Å². The third-order valence-electron chi connectivity index (χ3n) is 4.72. The zero-order valence-corrected chi connectivity index (χ0v) is 16.0. The van der Waals surface area contributed by atoms with Gasteiger partial charge in [-0.2, -0.15) is 0 Å². The Morgan fingerprint density at radius 3 is 2.73 bits per heavy atom. The van der Waals surface area contributed by atoms with Gasteiger partial charge in [0, 0.05) is 37.2 Å². The normalized spacial score (nSPS) is 11.1. The SMILES string of the molecule is CCCn1c(C)c(C(=O)N(C)Cc2nncn2C)c2cc(OC)ccc21. The molecule has 2 heterocycles. The summed E-state index contributed by atoms with van der Waals surface area (Å²) in [6.07, 6.45) is 2.63. The third kappa shape index (κ3) is 3.05. The van der Waals surface area contributed by atoms with E-state index in [2.05, 4.69) is 21.7 Å². The summed E-state index contributed by atoms with van der Waals surface area (Å²) in [5, 5.41) is 8.87. The number of amides is 1. The van der Waals surface area contributed by atoms with Crippen LogP contribution in [-0.4, -0.2) is 44.3 Å². The smallest absolute Gasteiger partial charge is 0.256 e. The molecule has 0 aliphatic carbocycles. The van der Waals surface area contributed by atoms with E-state index in [1.165, 1.54) is 0 Å². The Morgan fingerprint density at radius 1 is 1.35 bits per heavy atom. The molecular weight excluding hydrogens is 330 g/mol. The molecule has 0 bridgehead atoms. The van der Waals surface area contributed by atoms with E-state index in [4.69, 9.17) is 4.74 Å². The number of aryl methyl sites for hydroxylation is 2. The molecule has 1 aromatic carbocycles. The Bertz CT molecular complexity index is 941. The maximum atomic E-state index is 13.2. The van der Waals surface area contributed by atoms with Gasteiger partial charge in [0.25, 0.3) is 5.91 Å². The lowest BCUT2D eigenvalue weighted by molar-refractivity contribution is 0.0781. The van der Waals surface area contributed by atoms with E-state index in [0.717, 1.165) is 46.7 Å². The first kappa shape index (κ1) is 18.0. The molecule has 0 atom stereocenters. The molecule has 0 radical (unpaired) electrons. The summed E-state index contributed by atoms with van der Waals surface area (Å²) in [4.78, 5) is 14.9. The number of ether oxygens (including phenoxy) is 1. The second-order valence-corrected chi connectivity index (χ2v) is 6.51. The highest BCUT2D eigenvalue weighted by atomic mass is 16.5. The van der Waals surface area contributed by atoms with Crippen LogP contribution in [0, 0.1) is 6.92 Å². The van der Waals surface area contributed by atoms with Crippen LogP contribution in [0.3, 0.4) is 0 Å². The van der Waals surface area contributed by atoms with Crippen molar-refractivity contribution in [2.24, 2.45) is 7.05 Å². The molecule has 138 valence electrons. The van der Waals surface area contributed by atoms with E-state index in [1.54, 1.807) is 25.4 Å². The Hall–Kier alpha value is -2.83. The van der Waals surface area contributed by atoms with Crippen LogP contribution < -0.4 is 4.74 Å². The lowest BCUT2D eigenvalue weighted by atomic mass is 10.1. The molecular formula is C19H25N5O2. The first-order valence-corrected chi connectivity index (χ1v) is 8.73. The molecule has 3 aromatic rings. The van der Waals surface area contributed by atoms with Crippen LogP contribution in [0.2, 0.25) is 0 Å². The predicted molar refractivity (Wildman–Crippen MR) is 100 cm³/mol. The number of hydrogen-bond donors (Lipinski definition) is 0. The number of nitrogens with zero attached hydrogens (tertiary/aromatic N) is 5. The number of rotatable bonds is 6. The Labute approximate surface area is 153 Å². The molecule has 0 aliphatic rings. The lowest BCUT2D eigenvalue weighted by Gasteiger charge is -2.17. The lowest BCUT2D eigenvalue weighted by Crippen LogP contribution is -2.28. The molecule has 0 fully saturated rings. The molecule has 3 rings (SSSR count). The second-order valence-electron chi connectivity index (χ2n) is 6.51. The van der Waals surface area contributed by atoms with Crippen molar-refractivity contribution in [2.45, 2.75) is 33.4 Å². The average molecular weight is 355 g/mol. The Balaban J connectivity index is 2.06. The maximum Gasteiger partial charge on any atom is 0.256 e. The Morgan fingerprint density at radius 2 is 2.12 bits per heavy atom. The van der Waals surface area contributed by atoms with Crippen molar-refractivity contribution in [3.05, 3.63) is 41.6 Å². The fourth-order valence-corrected chi connectivity index (χ4v) is 3.30. The van der Waals surface area contributed by atoms with Crippen molar-refractivity contribution in [3.8, 4) is 5.75 Å². The van der Waals surface area contributed by atoms with Gasteiger partial charge in [0.15, 0.2) is 5.82 Å². The minimum absolute atomic E-state index is 0.0291. The third-order valence-corrected chi connectivity index (χ3v) is 4.72. The molecule has 0 N–H and O–H groups in total. The van der Waals surface area contributed by atoms with Crippen LogP contribution in [0.4, 0.5) is 0 Å². The quantitative estimate of drug-likeness (QED) is 0.682. The summed E-state index contributed by atoms with van der Waals surface area (Å²) >= 11 is 0. The first-order valence-electron chi connectivity index (χ1n) is 8.73. The van der Waals surface area contributed by atoms with Crippen molar-refractivity contribution in [2.75, 3.05) is 14.2 Å². The summed E-state index contributed by atoms with van der Waals surface area (Å²) in [5.41, 5.74) is 2.75. The van der Waals surface area contributed by atoms with Crippen LogP contribution in [0.1, 0.15) is 35.2 Å². The number of hydrogen-bond acceptors (Lipinski definition) is 4. The Kier molecular flexibility index (Phi) is 4.97. The van der Waals surface area contributed by atoms with Gasteiger partial charge in [0.2, 0.25) is 0 Å². The van der Waals surface area contributed by atoms with Gasteiger partial charge in [-0.15, -0.1) is 10.2 Å². The monoisotopic (exact) mass is 355 g/mol. The highest BCUT2D eigenvalue weighted by molar-refractivity contribution is 6.08. The summed E-state index contributed by atoms with van der Waals surface area (Å²) in [7, 11) is 5.30. The molecule has 26 heavy (non-hydrogen) atoms. The number of methoxy groups -OCH3 is 1. The highest BCUT2D eigenvalue weighted by Crippen LogP contribution is 2.30. The highest BCUT2D eigenvalue weighted by Gasteiger charge is 2.23. The van der Waals surface area contributed by atoms with Crippen molar-refractivity contribution < 1.29 is 9.53 Å². The van der Waals surface area contributed by atoms with E-state index in [-0.39, 0.29) is 5.91 Å². The molecule has 0 unspecified atom stereocenters. The van der Waals surface area contributed by atoms with Crippen molar-refractivity contribution >= 4 is 16.8 Å². The van der Waals surface area contributed by atoms with Crippen molar-refractivity contribution in [3.63, 3.8) is 0 Å². The van der Waals surface area contributed by atoms with Gasteiger partial charge in [-0.1, -0.05) is 6.92 Å². The number of aromatic nitrogens is 4. The molecule has 0 saturated carbocycles. The molecule has 0 spiro atoms. The van der Waals surface area contributed by atoms with Crippen LogP contribution in [0.5, 0.6) is 5.75 Å². The van der Waals surface area contributed by atoms with Gasteiger partial charge < -0.3 is 18.8 Å². The van der Waals surface area contributed by atoms with E-state index < -0.39 is 0 Å². The number of carbonyl (C=O) groups is 1. The topological polar surface area (TPSA) is 65.2 Å². The molecule has 0 aliphatic heterocycles. The fraction of sp³-hybridized carbons (Fsp3) is 0.421. The van der Waals surface area contributed by atoms with Crippen molar-refractivity contribution in [1.82, 2.24) is 24.2 Å². The number of fused-ring (bicyclic) bond motifs is 1. The van der Waals surface area contributed by atoms with Gasteiger partial charge >= 0.3 is 0 Å². The predicted octanol–water partition coefficient (Wildman–Crippen LogP) is 2.77. The summed E-state index contributed by atoms with van der Waals surface area (Å²) in [6, 6.07) is 5.90. The minimum atomic E-state index is -0.0291. The van der Waals surface area contributed by atoms with Crippen molar-refractivity contribution in [1.29, 1.82) is 0 Å². The van der Waals surface area contributed by atoms with Crippen LogP contribution >= 0.6 is 0 Å². The summed E-state index contributed by atoms with van der Waals surface area (Å²) in [6.45, 7) is 5.41. The number of carbonyl (C=O) groups excluding carboxylic acids is 1. The minimum Gasteiger partial charge on any atom is -0.497 e. The van der Waals surface area contributed by atoms with Crippen LogP contribution in [0.15, 0.2) is 24.5 Å². The fourth-order valence-electron chi connectivity index (χ4n) is 3.30. The van der Waals surface area contributed by atoms with E-state index in [9.17, 15) is 4.79 Å². The largest absolute Gasteiger partial charge is 0.497 e. The summed E-state index contributed by atoms with van der Waals surface area (Å²) < 4.78 is 9.40.